The standard InChI is InChI=1S/C13H17N3O2S/c1-8-3-16-12(19-8)6-14-5-11-10(7-17)4-15-9(2)13(11)18/h3-4,14,17-18H,5-7H2,1-2H3. The zero-order chi connectivity index (χ0) is 13.8. The maximum atomic E-state index is 9.98. The molecule has 0 spiro atoms. The van der Waals surface area contributed by atoms with Crippen molar-refractivity contribution in [2.75, 3.05) is 0 Å². The van der Waals surface area contributed by atoms with Crippen molar-refractivity contribution in [2.24, 2.45) is 0 Å². The Balaban J connectivity index is 2.04. The molecule has 0 aromatic carbocycles. The quantitative estimate of drug-likeness (QED) is 0.775. The van der Waals surface area contributed by atoms with Crippen molar-refractivity contribution in [3.8, 4) is 5.75 Å². The first-order valence-electron chi connectivity index (χ1n) is 6.01. The van der Waals surface area contributed by atoms with E-state index in [-0.39, 0.29) is 12.4 Å². The molecule has 2 heterocycles. The molecule has 6 heteroatoms. The lowest BCUT2D eigenvalue weighted by Gasteiger charge is -2.11. The van der Waals surface area contributed by atoms with Crippen LogP contribution in [0.25, 0.3) is 0 Å². The molecule has 0 aliphatic rings. The van der Waals surface area contributed by atoms with Crippen LogP contribution in [-0.2, 0) is 19.7 Å². The predicted octanol–water partition coefficient (Wildman–Crippen LogP) is 1.64. The fourth-order valence-corrected chi connectivity index (χ4v) is 2.55. The summed E-state index contributed by atoms with van der Waals surface area (Å²) in [4.78, 5) is 9.47. The minimum atomic E-state index is -0.131. The van der Waals surface area contributed by atoms with Crippen LogP contribution in [0.1, 0.15) is 26.7 Å². The van der Waals surface area contributed by atoms with E-state index in [1.807, 2.05) is 13.1 Å². The molecule has 0 amide bonds. The summed E-state index contributed by atoms with van der Waals surface area (Å²) in [5.74, 6) is 0.148. The van der Waals surface area contributed by atoms with Gasteiger partial charge in [0.15, 0.2) is 0 Å². The summed E-state index contributed by atoms with van der Waals surface area (Å²) in [5, 5.41) is 23.5. The van der Waals surface area contributed by atoms with Gasteiger partial charge >= 0.3 is 0 Å². The van der Waals surface area contributed by atoms with E-state index >= 15 is 0 Å². The molecule has 0 aliphatic heterocycles. The average Bonchev–Trinajstić information content (AvgIpc) is 2.80. The fraction of sp³-hybridized carbons (Fsp3) is 0.385. The Morgan fingerprint density at radius 3 is 2.63 bits per heavy atom. The number of aliphatic hydroxyl groups excluding tert-OH is 1. The van der Waals surface area contributed by atoms with E-state index in [4.69, 9.17) is 0 Å². The van der Waals surface area contributed by atoms with Gasteiger partial charge in [-0.25, -0.2) is 4.98 Å². The highest BCUT2D eigenvalue weighted by Gasteiger charge is 2.11. The number of nitrogens with zero attached hydrogens (tertiary/aromatic N) is 2. The van der Waals surface area contributed by atoms with E-state index in [0.29, 0.717) is 29.9 Å². The lowest BCUT2D eigenvalue weighted by Crippen LogP contribution is -2.14. The van der Waals surface area contributed by atoms with Crippen molar-refractivity contribution in [2.45, 2.75) is 33.5 Å². The van der Waals surface area contributed by atoms with Crippen molar-refractivity contribution >= 4 is 11.3 Å². The van der Waals surface area contributed by atoms with Gasteiger partial charge < -0.3 is 15.5 Å². The summed E-state index contributed by atoms with van der Waals surface area (Å²) in [6.45, 7) is 4.75. The highest BCUT2D eigenvalue weighted by Crippen LogP contribution is 2.23. The van der Waals surface area contributed by atoms with Gasteiger partial charge in [0, 0.05) is 41.5 Å². The Labute approximate surface area is 116 Å². The van der Waals surface area contributed by atoms with E-state index < -0.39 is 0 Å². The zero-order valence-corrected chi connectivity index (χ0v) is 11.8. The van der Waals surface area contributed by atoms with Gasteiger partial charge in [-0.05, 0) is 13.8 Å². The molecule has 102 valence electrons. The van der Waals surface area contributed by atoms with Crippen LogP contribution < -0.4 is 5.32 Å². The normalized spacial score (nSPS) is 10.9. The summed E-state index contributed by atoms with van der Waals surface area (Å²) in [7, 11) is 0. The highest BCUT2D eigenvalue weighted by atomic mass is 32.1. The number of aliphatic hydroxyl groups is 1. The second kappa shape index (κ2) is 6.10. The third-order valence-corrected chi connectivity index (χ3v) is 3.76. The van der Waals surface area contributed by atoms with Gasteiger partial charge in [-0.3, -0.25) is 4.98 Å². The fourth-order valence-electron chi connectivity index (χ4n) is 1.80. The number of aromatic nitrogens is 2. The molecular weight excluding hydrogens is 262 g/mol. The molecule has 2 aromatic heterocycles. The molecule has 0 fully saturated rings. The van der Waals surface area contributed by atoms with E-state index in [1.165, 1.54) is 4.88 Å². The van der Waals surface area contributed by atoms with Crippen molar-refractivity contribution < 1.29 is 10.2 Å². The minimum Gasteiger partial charge on any atom is -0.506 e. The Hall–Kier alpha value is -1.50. The van der Waals surface area contributed by atoms with Crippen LogP contribution in [-0.4, -0.2) is 20.2 Å². The number of aryl methyl sites for hydroxylation is 2. The number of pyridine rings is 1. The lowest BCUT2D eigenvalue weighted by atomic mass is 10.1. The smallest absolute Gasteiger partial charge is 0.141 e. The van der Waals surface area contributed by atoms with E-state index in [0.717, 1.165) is 5.01 Å². The van der Waals surface area contributed by atoms with Crippen LogP contribution >= 0.6 is 11.3 Å². The number of hydrogen-bond acceptors (Lipinski definition) is 6. The molecule has 2 aromatic rings. The molecule has 0 saturated carbocycles. The van der Waals surface area contributed by atoms with Crippen molar-refractivity contribution in [1.82, 2.24) is 15.3 Å². The third kappa shape index (κ3) is 3.28. The minimum absolute atomic E-state index is 0.131. The number of nitrogens with one attached hydrogen (secondary N) is 1. The van der Waals surface area contributed by atoms with Crippen LogP contribution in [0.15, 0.2) is 12.4 Å². The first-order valence-corrected chi connectivity index (χ1v) is 6.82. The van der Waals surface area contributed by atoms with Crippen molar-refractivity contribution in [3.63, 3.8) is 0 Å². The SMILES string of the molecule is Cc1cnc(CNCc2c(CO)cnc(C)c2O)s1. The Morgan fingerprint density at radius 2 is 2.00 bits per heavy atom. The van der Waals surface area contributed by atoms with Gasteiger partial charge in [0.05, 0.1) is 12.3 Å². The third-order valence-electron chi connectivity index (χ3n) is 2.85. The molecule has 2 rings (SSSR count). The number of aromatic hydroxyl groups is 1. The first-order chi connectivity index (χ1) is 9.11. The van der Waals surface area contributed by atoms with Crippen LogP contribution in [0.2, 0.25) is 0 Å². The summed E-state index contributed by atoms with van der Waals surface area (Å²) < 4.78 is 0. The van der Waals surface area contributed by atoms with Gasteiger partial charge in [-0.2, -0.15) is 0 Å². The van der Waals surface area contributed by atoms with Gasteiger partial charge in [-0.1, -0.05) is 0 Å². The molecule has 0 saturated heterocycles. The van der Waals surface area contributed by atoms with Crippen LogP contribution in [0.5, 0.6) is 5.75 Å². The zero-order valence-electron chi connectivity index (χ0n) is 11.0. The maximum absolute atomic E-state index is 9.98. The maximum Gasteiger partial charge on any atom is 0.141 e. The van der Waals surface area contributed by atoms with Crippen LogP contribution in [0.4, 0.5) is 0 Å². The van der Waals surface area contributed by atoms with Crippen molar-refractivity contribution in [1.29, 1.82) is 0 Å². The lowest BCUT2D eigenvalue weighted by molar-refractivity contribution is 0.278. The second-order valence-electron chi connectivity index (χ2n) is 4.32. The van der Waals surface area contributed by atoms with Crippen LogP contribution in [0, 0.1) is 13.8 Å². The second-order valence-corrected chi connectivity index (χ2v) is 5.64. The summed E-state index contributed by atoms with van der Waals surface area (Å²) in [5.41, 5.74) is 1.91. The van der Waals surface area contributed by atoms with Crippen LogP contribution in [0.3, 0.4) is 0 Å². The molecule has 0 radical (unpaired) electrons. The predicted molar refractivity (Wildman–Crippen MR) is 74.0 cm³/mol. The highest BCUT2D eigenvalue weighted by molar-refractivity contribution is 7.11. The summed E-state index contributed by atoms with van der Waals surface area (Å²) in [6, 6.07) is 0. The molecular formula is C13H17N3O2S. The molecule has 19 heavy (non-hydrogen) atoms. The Morgan fingerprint density at radius 1 is 1.21 bits per heavy atom. The van der Waals surface area contributed by atoms with Crippen molar-refractivity contribution in [3.05, 3.63) is 39.1 Å². The van der Waals surface area contributed by atoms with E-state index in [2.05, 4.69) is 15.3 Å². The van der Waals surface area contributed by atoms with Gasteiger partial charge in [0.25, 0.3) is 0 Å². The molecule has 0 unspecified atom stereocenters. The monoisotopic (exact) mass is 279 g/mol. The molecule has 3 N–H and O–H groups in total. The van der Waals surface area contributed by atoms with E-state index in [9.17, 15) is 10.2 Å². The average molecular weight is 279 g/mol. The largest absolute Gasteiger partial charge is 0.506 e. The van der Waals surface area contributed by atoms with E-state index in [1.54, 1.807) is 24.5 Å². The number of thiazole rings is 1. The van der Waals surface area contributed by atoms with Gasteiger partial charge in [-0.15, -0.1) is 11.3 Å². The number of hydrogen-bond donors (Lipinski definition) is 3. The Bertz CT molecular complexity index is 569. The summed E-state index contributed by atoms with van der Waals surface area (Å²) >= 11 is 1.64. The molecule has 0 atom stereocenters. The topological polar surface area (TPSA) is 78.3 Å². The number of rotatable bonds is 5. The van der Waals surface area contributed by atoms with Gasteiger partial charge in [0.1, 0.15) is 10.8 Å². The molecule has 0 aliphatic carbocycles. The Kier molecular flexibility index (Phi) is 4.47. The van der Waals surface area contributed by atoms with Gasteiger partial charge in [0.2, 0.25) is 0 Å². The summed E-state index contributed by atoms with van der Waals surface area (Å²) in [6.07, 6.45) is 3.44. The first kappa shape index (κ1) is 13.9. The molecule has 0 bridgehead atoms. The molecule has 5 nitrogen and oxygen atoms in total.